The van der Waals surface area contributed by atoms with E-state index in [1.165, 1.54) is 11.8 Å². The molecule has 0 aliphatic carbocycles. The van der Waals surface area contributed by atoms with Crippen LogP contribution in [0.1, 0.15) is 27.2 Å². The lowest BCUT2D eigenvalue weighted by molar-refractivity contribution is 0.0696. The number of rotatable bonds is 6. The highest BCUT2D eigenvalue weighted by Crippen LogP contribution is 2.21. The Morgan fingerprint density at radius 2 is 2.09 bits per heavy atom. The van der Waals surface area contributed by atoms with E-state index in [2.05, 4.69) is 9.97 Å². The van der Waals surface area contributed by atoms with Crippen molar-refractivity contribution in [2.75, 3.05) is 6.61 Å². The Bertz CT molecular complexity index is 743. The molecule has 0 saturated carbocycles. The summed E-state index contributed by atoms with van der Waals surface area (Å²) in [6, 6.07) is 6.73. The molecule has 0 radical (unpaired) electrons. The number of aliphatic hydroxyl groups is 1. The zero-order valence-electron chi connectivity index (χ0n) is 12.0. The minimum Gasteiger partial charge on any atom is -0.478 e. The first-order valence-corrected chi connectivity index (χ1v) is 7.66. The number of H-pyrrole nitrogens is 1. The Labute approximate surface area is 131 Å². The molecule has 0 amide bonds. The highest BCUT2D eigenvalue weighted by atomic mass is 32.2. The molecule has 116 valence electrons. The number of carboxylic acid groups (broad SMARTS) is 1. The quantitative estimate of drug-likeness (QED) is 0.552. The molecule has 0 fully saturated rings. The van der Waals surface area contributed by atoms with Crippen LogP contribution in [0.4, 0.5) is 0 Å². The van der Waals surface area contributed by atoms with Crippen molar-refractivity contribution in [3.8, 4) is 0 Å². The van der Waals surface area contributed by atoms with Crippen molar-refractivity contribution >= 4 is 17.7 Å². The Balaban J connectivity index is 2.19. The van der Waals surface area contributed by atoms with Gasteiger partial charge < -0.3 is 15.2 Å². The molecule has 22 heavy (non-hydrogen) atoms. The van der Waals surface area contributed by atoms with Gasteiger partial charge in [0.15, 0.2) is 5.16 Å². The fourth-order valence-corrected chi connectivity index (χ4v) is 2.97. The number of hydrogen-bond acceptors (Lipinski definition) is 5. The van der Waals surface area contributed by atoms with E-state index in [1.54, 1.807) is 31.2 Å². The second-order valence-electron chi connectivity index (χ2n) is 4.66. The van der Waals surface area contributed by atoms with Crippen LogP contribution in [-0.2, 0) is 12.2 Å². The summed E-state index contributed by atoms with van der Waals surface area (Å²) in [4.78, 5) is 30.0. The number of aryl methyl sites for hydroxylation is 1. The van der Waals surface area contributed by atoms with Crippen molar-refractivity contribution in [3.05, 3.63) is 57.0 Å². The minimum atomic E-state index is -0.980. The van der Waals surface area contributed by atoms with Gasteiger partial charge in [0, 0.05) is 30.0 Å². The van der Waals surface area contributed by atoms with Crippen LogP contribution in [0.5, 0.6) is 0 Å². The molecule has 2 aromatic rings. The van der Waals surface area contributed by atoms with Gasteiger partial charge in [0.25, 0.3) is 5.56 Å². The van der Waals surface area contributed by atoms with Gasteiger partial charge in [0.1, 0.15) is 0 Å². The molecule has 7 heteroatoms. The van der Waals surface area contributed by atoms with Crippen LogP contribution in [0, 0.1) is 6.92 Å². The molecule has 6 nitrogen and oxygen atoms in total. The lowest BCUT2D eigenvalue weighted by Gasteiger charge is -2.07. The average Bonchev–Trinajstić information content (AvgIpc) is 2.49. The molecular weight excluding hydrogens is 304 g/mol. The van der Waals surface area contributed by atoms with Gasteiger partial charge in [-0.3, -0.25) is 4.79 Å². The van der Waals surface area contributed by atoms with Gasteiger partial charge in [0.05, 0.1) is 5.56 Å². The summed E-state index contributed by atoms with van der Waals surface area (Å²) >= 11 is 1.27. The maximum atomic E-state index is 11.9. The molecule has 0 atom stereocenters. The summed E-state index contributed by atoms with van der Waals surface area (Å²) < 4.78 is 0. The molecule has 0 aliphatic heterocycles. The number of nitrogens with one attached hydrogen (secondary N) is 1. The maximum absolute atomic E-state index is 11.9. The van der Waals surface area contributed by atoms with Crippen molar-refractivity contribution in [3.63, 3.8) is 0 Å². The van der Waals surface area contributed by atoms with Crippen LogP contribution in [0.3, 0.4) is 0 Å². The van der Waals surface area contributed by atoms with Crippen LogP contribution >= 0.6 is 11.8 Å². The number of hydrogen-bond donors (Lipinski definition) is 3. The normalized spacial score (nSPS) is 10.6. The second kappa shape index (κ2) is 7.24. The van der Waals surface area contributed by atoms with E-state index in [4.69, 9.17) is 10.2 Å². The van der Waals surface area contributed by atoms with Gasteiger partial charge in [-0.05, 0) is 18.6 Å². The maximum Gasteiger partial charge on any atom is 0.335 e. The molecule has 1 aromatic carbocycles. The van der Waals surface area contributed by atoms with Gasteiger partial charge in [-0.25, -0.2) is 9.78 Å². The highest BCUT2D eigenvalue weighted by Gasteiger charge is 2.11. The Morgan fingerprint density at radius 1 is 1.36 bits per heavy atom. The molecule has 1 heterocycles. The molecule has 3 N–H and O–H groups in total. The largest absolute Gasteiger partial charge is 0.478 e. The third-order valence-corrected chi connectivity index (χ3v) is 4.10. The molecule has 0 unspecified atom stereocenters. The van der Waals surface area contributed by atoms with Crippen molar-refractivity contribution in [1.82, 2.24) is 9.97 Å². The number of benzene rings is 1. The number of aromatic carboxylic acids is 1. The number of carboxylic acids is 1. The smallest absolute Gasteiger partial charge is 0.335 e. The first-order valence-electron chi connectivity index (χ1n) is 6.67. The molecule has 1 aromatic heterocycles. The van der Waals surface area contributed by atoms with Crippen molar-refractivity contribution in [1.29, 1.82) is 0 Å². The average molecular weight is 320 g/mol. The van der Waals surface area contributed by atoms with Crippen molar-refractivity contribution in [2.45, 2.75) is 24.3 Å². The summed E-state index contributed by atoms with van der Waals surface area (Å²) in [6.45, 7) is 1.61. The first kappa shape index (κ1) is 16.3. The summed E-state index contributed by atoms with van der Waals surface area (Å²) in [6.07, 6.45) is 0.265. The van der Waals surface area contributed by atoms with Crippen LogP contribution in [0.2, 0.25) is 0 Å². The van der Waals surface area contributed by atoms with Crippen LogP contribution < -0.4 is 5.56 Å². The molecule has 0 spiro atoms. The molecule has 0 aliphatic rings. The molecule has 0 saturated heterocycles. The lowest BCUT2D eigenvalue weighted by Crippen LogP contribution is -2.18. The summed E-state index contributed by atoms with van der Waals surface area (Å²) in [5.74, 6) is -0.586. The van der Waals surface area contributed by atoms with E-state index < -0.39 is 5.97 Å². The molecule has 0 bridgehead atoms. The number of aromatic amines is 1. The highest BCUT2D eigenvalue weighted by molar-refractivity contribution is 7.98. The van der Waals surface area contributed by atoms with Crippen LogP contribution in [0.15, 0.2) is 34.2 Å². The number of nitrogens with zero attached hydrogens (tertiary/aromatic N) is 1. The third kappa shape index (κ3) is 3.75. The SMILES string of the molecule is Cc1nc(SCc2ccccc2C(=O)O)[nH]c(=O)c1CCO. The second-order valence-corrected chi connectivity index (χ2v) is 5.62. The summed E-state index contributed by atoms with van der Waals surface area (Å²) in [5, 5.41) is 18.5. The minimum absolute atomic E-state index is 0.107. The fraction of sp³-hybridized carbons (Fsp3) is 0.267. The number of thioether (sulfide) groups is 1. The van der Waals surface area contributed by atoms with E-state index in [0.717, 1.165) is 0 Å². The summed E-state index contributed by atoms with van der Waals surface area (Å²) in [5.41, 5.74) is 1.69. The van der Waals surface area contributed by atoms with Crippen LogP contribution in [0.25, 0.3) is 0 Å². The van der Waals surface area contributed by atoms with Gasteiger partial charge >= 0.3 is 5.97 Å². The fourth-order valence-electron chi connectivity index (χ4n) is 2.06. The van der Waals surface area contributed by atoms with Crippen molar-refractivity contribution < 1.29 is 15.0 Å². The van der Waals surface area contributed by atoms with Gasteiger partial charge in [0.2, 0.25) is 0 Å². The lowest BCUT2D eigenvalue weighted by atomic mass is 10.1. The monoisotopic (exact) mass is 320 g/mol. The van der Waals surface area contributed by atoms with E-state index in [-0.39, 0.29) is 24.2 Å². The van der Waals surface area contributed by atoms with Gasteiger partial charge in [-0.15, -0.1) is 0 Å². The topological polar surface area (TPSA) is 103 Å². The summed E-state index contributed by atoms with van der Waals surface area (Å²) in [7, 11) is 0. The van der Waals surface area contributed by atoms with Gasteiger partial charge in [-0.1, -0.05) is 30.0 Å². The first-order chi connectivity index (χ1) is 10.5. The molecule has 2 rings (SSSR count). The molecular formula is C15H16N2O4S. The van der Waals surface area contributed by atoms with E-state index in [9.17, 15) is 9.59 Å². The predicted molar refractivity (Wildman–Crippen MR) is 83.3 cm³/mol. The third-order valence-electron chi connectivity index (χ3n) is 3.17. The van der Waals surface area contributed by atoms with E-state index in [1.807, 2.05) is 0 Å². The Kier molecular flexibility index (Phi) is 5.35. The van der Waals surface area contributed by atoms with Crippen molar-refractivity contribution in [2.24, 2.45) is 0 Å². The zero-order chi connectivity index (χ0) is 16.1. The van der Waals surface area contributed by atoms with Gasteiger partial charge in [-0.2, -0.15) is 0 Å². The standard InChI is InChI=1S/C15H16N2O4S/c1-9-11(6-7-18)13(19)17-15(16-9)22-8-10-4-2-3-5-12(10)14(20)21/h2-5,18H,6-8H2,1H3,(H,20,21)(H,16,17,19). The van der Waals surface area contributed by atoms with E-state index >= 15 is 0 Å². The number of aliphatic hydroxyl groups excluding tert-OH is 1. The number of carbonyl (C=O) groups is 1. The van der Waals surface area contributed by atoms with Crippen LogP contribution in [-0.4, -0.2) is 32.8 Å². The van der Waals surface area contributed by atoms with E-state index in [0.29, 0.717) is 27.7 Å². The predicted octanol–water partition coefficient (Wildman–Crippen LogP) is 1.60. The zero-order valence-corrected chi connectivity index (χ0v) is 12.8. The Morgan fingerprint density at radius 3 is 2.73 bits per heavy atom. The Hall–Kier alpha value is -2.12. The number of aromatic nitrogens is 2.